The lowest BCUT2D eigenvalue weighted by molar-refractivity contribution is -0.118. The zero-order valence-electron chi connectivity index (χ0n) is 14.5. The second kappa shape index (κ2) is 8.34. The van der Waals surface area contributed by atoms with E-state index in [1.807, 2.05) is 43.3 Å². The van der Waals surface area contributed by atoms with E-state index < -0.39 is 0 Å². The van der Waals surface area contributed by atoms with Crippen LogP contribution < -0.4 is 10.2 Å². The molecule has 1 fully saturated rings. The molecule has 0 aliphatic heterocycles. The van der Waals surface area contributed by atoms with E-state index in [1.54, 1.807) is 6.08 Å². The summed E-state index contributed by atoms with van der Waals surface area (Å²) in [5.74, 6) is 0.195. The first-order valence-electron chi connectivity index (χ1n) is 8.32. The largest absolute Gasteiger partial charge is 0.377 e. The Bertz CT molecular complexity index is 676. The van der Waals surface area contributed by atoms with Crippen LogP contribution in [0.15, 0.2) is 28.2 Å². The summed E-state index contributed by atoms with van der Waals surface area (Å²) in [6, 6.07) is 8.00. The summed E-state index contributed by atoms with van der Waals surface area (Å²) in [7, 11) is 3.93. The molecule has 0 radical (unpaired) electrons. The zero-order valence-corrected chi connectivity index (χ0v) is 16.1. The molecule has 2 rings (SSSR count). The number of amides is 1. The summed E-state index contributed by atoms with van der Waals surface area (Å²) in [6.07, 6.45) is 6.14. The SMILES string of the molecule is C[C@H]1CCCC[C@@H]1NC(=O)/C(C#N)=C/c1ccc(N(C)C)c(Br)c1. The van der Waals surface area contributed by atoms with E-state index in [1.165, 1.54) is 6.42 Å². The Morgan fingerprint density at radius 1 is 1.38 bits per heavy atom. The van der Waals surface area contributed by atoms with Crippen LogP contribution in [0, 0.1) is 17.2 Å². The summed E-state index contributed by atoms with van der Waals surface area (Å²) in [5.41, 5.74) is 2.03. The quantitative estimate of drug-likeness (QED) is 0.622. The van der Waals surface area contributed by atoms with E-state index in [2.05, 4.69) is 28.2 Å². The molecule has 0 aromatic heterocycles. The van der Waals surface area contributed by atoms with Crippen LogP contribution in [0.2, 0.25) is 0 Å². The average Bonchev–Trinajstić information content (AvgIpc) is 2.54. The summed E-state index contributed by atoms with van der Waals surface area (Å²) >= 11 is 3.53. The van der Waals surface area contributed by atoms with Crippen LogP contribution in [0.4, 0.5) is 5.69 Å². The van der Waals surface area contributed by atoms with E-state index in [9.17, 15) is 10.1 Å². The Morgan fingerprint density at radius 2 is 2.08 bits per heavy atom. The lowest BCUT2D eigenvalue weighted by atomic mass is 9.86. The number of benzene rings is 1. The van der Waals surface area contributed by atoms with E-state index in [-0.39, 0.29) is 17.5 Å². The van der Waals surface area contributed by atoms with Gasteiger partial charge in [-0.3, -0.25) is 4.79 Å². The van der Waals surface area contributed by atoms with Crippen LogP contribution in [0.25, 0.3) is 6.08 Å². The summed E-state index contributed by atoms with van der Waals surface area (Å²) in [4.78, 5) is 14.4. The highest BCUT2D eigenvalue weighted by Gasteiger charge is 2.24. The molecule has 1 aromatic carbocycles. The molecule has 1 N–H and O–H groups in total. The summed E-state index contributed by atoms with van der Waals surface area (Å²) in [5, 5.41) is 12.4. The van der Waals surface area contributed by atoms with Crippen molar-refractivity contribution >= 4 is 33.6 Å². The number of halogens is 1. The van der Waals surface area contributed by atoms with Crippen LogP contribution >= 0.6 is 15.9 Å². The molecule has 0 heterocycles. The normalized spacial score (nSPS) is 21.0. The Kier molecular flexibility index (Phi) is 6.44. The Balaban J connectivity index is 2.15. The number of nitrogens with one attached hydrogen (secondary N) is 1. The van der Waals surface area contributed by atoms with Crippen LogP contribution in [0.3, 0.4) is 0 Å². The third-order valence-electron chi connectivity index (χ3n) is 4.56. The Morgan fingerprint density at radius 3 is 2.67 bits per heavy atom. The highest BCUT2D eigenvalue weighted by molar-refractivity contribution is 9.10. The highest BCUT2D eigenvalue weighted by Crippen LogP contribution is 2.27. The molecule has 0 spiro atoms. The maximum atomic E-state index is 12.4. The molecule has 5 heteroatoms. The number of nitrogens with zero attached hydrogens (tertiary/aromatic N) is 2. The van der Waals surface area contributed by atoms with Crippen LogP contribution in [-0.4, -0.2) is 26.0 Å². The minimum atomic E-state index is -0.274. The molecule has 2 atom stereocenters. The minimum Gasteiger partial charge on any atom is -0.377 e. The third-order valence-corrected chi connectivity index (χ3v) is 5.19. The zero-order chi connectivity index (χ0) is 17.7. The molecule has 4 nitrogen and oxygen atoms in total. The molecule has 0 saturated heterocycles. The maximum Gasteiger partial charge on any atom is 0.262 e. The van der Waals surface area contributed by atoms with Crippen molar-refractivity contribution in [3.63, 3.8) is 0 Å². The maximum absolute atomic E-state index is 12.4. The van der Waals surface area contributed by atoms with Gasteiger partial charge in [0.1, 0.15) is 11.6 Å². The van der Waals surface area contributed by atoms with Gasteiger partial charge in [0.2, 0.25) is 0 Å². The standard InChI is InChI=1S/C19H24BrN3O/c1-13-6-4-5-7-17(13)22-19(24)15(12-21)10-14-8-9-18(23(2)3)16(20)11-14/h8-11,13,17H,4-7H2,1-3H3,(H,22,24)/b15-10+/t13-,17-/m0/s1. The Labute approximate surface area is 152 Å². The van der Waals surface area contributed by atoms with E-state index >= 15 is 0 Å². The van der Waals surface area contributed by atoms with Gasteiger partial charge in [0.15, 0.2) is 0 Å². The molecule has 24 heavy (non-hydrogen) atoms. The van der Waals surface area contributed by atoms with Gasteiger partial charge in [-0.15, -0.1) is 0 Å². The van der Waals surface area contributed by atoms with Crippen molar-refractivity contribution in [1.82, 2.24) is 5.32 Å². The predicted molar refractivity (Wildman–Crippen MR) is 102 cm³/mol. The second-order valence-corrected chi connectivity index (χ2v) is 7.47. The number of carbonyl (C=O) groups is 1. The number of hydrogen-bond acceptors (Lipinski definition) is 3. The van der Waals surface area contributed by atoms with Gasteiger partial charge in [-0.2, -0.15) is 5.26 Å². The van der Waals surface area contributed by atoms with Crippen molar-refractivity contribution < 1.29 is 4.79 Å². The third kappa shape index (κ3) is 4.61. The number of anilines is 1. The number of nitriles is 1. The molecule has 1 amide bonds. The highest BCUT2D eigenvalue weighted by atomic mass is 79.9. The minimum absolute atomic E-state index is 0.150. The number of hydrogen-bond donors (Lipinski definition) is 1. The monoisotopic (exact) mass is 389 g/mol. The molecule has 0 unspecified atom stereocenters. The first kappa shape index (κ1) is 18.5. The van der Waals surface area contributed by atoms with Gasteiger partial charge in [-0.05, 0) is 58.5 Å². The van der Waals surface area contributed by atoms with Crippen molar-refractivity contribution in [2.24, 2.45) is 5.92 Å². The fourth-order valence-corrected chi connectivity index (χ4v) is 3.82. The topological polar surface area (TPSA) is 56.1 Å². The first-order chi connectivity index (χ1) is 11.4. The van der Waals surface area contributed by atoms with Crippen LogP contribution in [0.1, 0.15) is 38.2 Å². The molecular formula is C19H24BrN3O. The van der Waals surface area contributed by atoms with Crippen molar-refractivity contribution in [3.05, 3.63) is 33.8 Å². The lowest BCUT2D eigenvalue weighted by Gasteiger charge is -2.29. The fourth-order valence-electron chi connectivity index (χ4n) is 3.07. The molecule has 1 aromatic rings. The summed E-state index contributed by atoms with van der Waals surface area (Å²) < 4.78 is 0.930. The van der Waals surface area contributed by atoms with Crippen LogP contribution in [-0.2, 0) is 4.79 Å². The molecule has 1 saturated carbocycles. The fraction of sp³-hybridized carbons (Fsp3) is 0.474. The van der Waals surface area contributed by atoms with Crippen molar-refractivity contribution in [3.8, 4) is 6.07 Å². The van der Waals surface area contributed by atoms with Gasteiger partial charge in [0, 0.05) is 24.6 Å². The van der Waals surface area contributed by atoms with Gasteiger partial charge in [-0.1, -0.05) is 25.8 Å². The van der Waals surface area contributed by atoms with Crippen molar-refractivity contribution in [1.29, 1.82) is 5.26 Å². The molecular weight excluding hydrogens is 366 g/mol. The van der Waals surface area contributed by atoms with Crippen LogP contribution in [0.5, 0.6) is 0 Å². The molecule has 128 valence electrons. The van der Waals surface area contributed by atoms with Crippen molar-refractivity contribution in [2.75, 3.05) is 19.0 Å². The molecule has 0 bridgehead atoms. The van der Waals surface area contributed by atoms with E-state index in [0.717, 1.165) is 35.0 Å². The van der Waals surface area contributed by atoms with Gasteiger partial charge < -0.3 is 10.2 Å². The van der Waals surface area contributed by atoms with Gasteiger partial charge in [-0.25, -0.2) is 0 Å². The first-order valence-corrected chi connectivity index (χ1v) is 9.11. The van der Waals surface area contributed by atoms with Crippen molar-refractivity contribution in [2.45, 2.75) is 38.6 Å². The van der Waals surface area contributed by atoms with E-state index in [0.29, 0.717) is 5.92 Å². The average molecular weight is 390 g/mol. The van der Waals surface area contributed by atoms with E-state index in [4.69, 9.17) is 0 Å². The Hall–Kier alpha value is -1.80. The molecule has 1 aliphatic rings. The number of rotatable bonds is 4. The lowest BCUT2D eigenvalue weighted by Crippen LogP contribution is -2.41. The van der Waals surface area contributed by atoms with Gasteiger partial charge >= 0.3 is 0 Å². The summed E-state index contributed by atoms with van der Waals surface area (Å²) in [6.45, 7) is 2.16. The predicted octanol–water partition coefficient (Wildman–Crippen LogP) is 4.12. The van der Waals surface area contributed by atoms with Gasteiger partial charge in [0.25, 0.3) is 5.91 Å². The van der Waals surface area contributed by atoms with Gasteiger partial charge in [0.05, 0.1) is 5.69 Å². The smallest absolute Gasteiger partial charge is 0.262 e. The number of carbonyl (C=O) groups excluding carboxylic acids is 1. The molecule has 1 aliphatic carbocycles. The second-order valence-electron chi connectivity index (χ2n) is 6.62.